The van der Waals surface area contributed by atoms with Gasteiger partial charge in [-0.1, -0.05) is 52.3 Å². The number of hydrogen-bond acceptors (Lipinski definition) is 1. The third-order valence-electron chi connectivity index (χ3n) is 7.15. The molecule has 0 amide bonds. The zero-order valence-electron chi connectivity index (χ0n) is 14.9. The van der Waals surface area contributed by atoms with Crippen molar-refractivity contribution in [3.8, 4) is 0 Å². The Morgan fingerprint density at radius 3 is 2.73 bits per heavy atom. The fourth-order valence-corrected chi connectivity index (χ4v) is 5.43. The van der Waals surface area contributed by atoms with Gasteiger partial charge >= 0.3 is 0 Å². The van der Waals surface area contributed by atoms with Crippen LogP contribution in [0.5, 0.6) is 0 Å². The van der Waals surface area contributed by atoms with E-state index in [4.69, 9.17) is 5.73 Å². The van der Waals surface area contributed by atoms with Gasteiger partial charge in [-0.05, 0) is 78.0 Å². The monoisotopic (exact) mass is 299 g/mol. The number of aryl methyl sites for hydroxylation is 1. The maximum atomic E-state index is 6.21. The fraction of sp³-hybridized carbons (Fsp3) is 0.714. The van der Waals surface area contributed by atoms with Crippen LogP contribution in [0.25, 0.3) is 0 Å². The van der Waals surface area contributed by atoms with Gasteiger partial charge in [-0.2, -0.15) is 0 Å². The van der Waals surface area contributed by atoms with Crippen molar-refractivity contribution in [1.29, 1.82) is 0 Å². The summed E-state index contributed by atoms with van der Waals surface area (Å²) in [5, 5.41) is 0. The van der Waals surface area contributed by atoms with Gasteiger partial charge in [-0.3, -0.25) is 0 Å². The van der Waals surface area contributed by atoms with Crippen molar-refractivity contribution in [2.45, 2.75) is 77.6 Å². The summed E-state index contributed by atoms with van der Waals surface area (Å²) < 4.78 is 0. The first kappa shape index (κ1) is 16.1. The normalized spacial score (nSPS) is 35.6. The summed E-state index contributed by atoms with van der Waals surface area (Å²) in [5.74, 6) is 1.43. The Labute approximate surface area is 136 Å². The molecule has 4 atom stereocenters. The zero-order valence-corrected chi connectivity index (χ0v) is 14.9. The summed E-state index contributed by atoms with van der Waals surface area (Å²) >= 11 is 0. The van der Waals surface area contributed by atoms with Gasteiger partial charge in [0.1, 0.15) is 0 Å². The summed E-state index contributed by atoms with van der Waals surface area (Å²) in [6, 6.07) is 7.37. The standard InChI is InChI=1S/C21H33N/c1-5-15(2)16-7-9-18-17(13-16)8-10-19-20(3,14-22)11-6-12-21(18,19)4/h7,9,13,15,19H,5-6,8,10-12,14,22H2,1-4H3/t15?,19-,20-,21+/m0/s1. The van der Waals surface area contributed by atoms with Crippen molar-refractivity contribution in [1.82, 2.24) is 0 Å². The van der Waals surface area contributed by atoms with E-state index in [-0.39, 0.29) is 0 Å². The molecule has 122 valence electrons. The van der Waals surface area contributed by atoms with Crippen LogP contribution in [0.15, 0.2) is 18.2 Å². The lowest BCUT2D eigenvalue weighted by Crippen LogP contribution is -2.51. The fourth-order valence-electron chi connectivity index (χ4n) is 5.43. The van der Waals surface area contributed by atoms with E-state index in [0.29, 0.717) is 16.7 Å². The Balaban J connectivity index is 2.02. The largest absolute Gasteiger partial charge is 0.330 e. The van der Waals surface area contributed by atoms with E-state index in [2.05, 4.69) is 45.9 Å². The molecule has 0 heterocycles. The van der Waals surface area contributed by atoms with Crippen molar-refractivity contribution in [3.05, 3.63) is 34.9 Å². The molecule has 0 aromatic heterocycles. The van der Waals surface area contributed by atoms with Crippen LogP contribution in [0, 0.1) is 11.3 Å². The Bertz CT molecular complexity index is 549. The smallest absolute Gasteiger partial charge is 0.00202 e. The summed E-state index contributed by atoms with van der Waals surface area (Å²) in [4.78, 5) is 0. The molecule has 0 aliphatic heterocycles. The van der Waals surface area contributed by atoms with E-state index < -0.39 is 0 Å². The molecule has 0 bridgehead atoms. The number of fused-ring (bicyclic) bond motifs is 3. The minimum atomic E-state index is 0.333. The molecular formula is C21H33N. The molecule has 0 spiro atoms. The summed E-state index contributed by atoms with van der Waals surface area (Å²) in [7, 11) is 0. The number of benzene rings is 1. The molecule has 1 aromatic rings. The molecule has 2 aliphatic carbocycles. The Morgan fingerprint density at radius 2 is 2.05 bits per heavy atom. The summed E-state index contributed by atoms with van der Waals surface area (Å²) in [5.41, 5.74) is 11.7. The number of nitrogens with two attached hydrogens (primary N) is 1. The van der Waals surface area contributed by atoms with Crippen LogP contribution < -0.4 is 5.73 Å². The van der Waals surface area contributed by atoms with Crippen LogP contribution in [0.3, 0.4) is 0 Å². The van der Waals surface area contributed by atoms with E-state index in [1.807, 2.05) is 0 Å². The maximum Gasteiger partial charge on any atom is -0.00202 e. The van der Waals surface area contributed by atoms with E-state index in [0.717, 1.165) is 12.5 Å². The molecule has 0 radical (unpaired) electrons. The lowest BCUT2D eigenvalue weighted by molar-refractivity contribution is 0.0326. The van der Waals surface area contributed by atoms with E-state index in [1.54, 1.807) is 11.1 Å². The summed E-state index contributed by atoms with van der Waals surface area (Å²) in [6.45, 7) is 10.4. The van der Waals surface area contributed by atoms with Gasteiger partial charge in [0.15, 0.2) is 0 Å². The summed E-state index contributed by atoms with van der Waals surface area (Å²) in [6.07, 6.45) is 7.76. The van der Waals surface area contributed by atoms with E-state index in [9.17, 15) is 0 Å². The topological polar surface area (TPSA) is 26.0 Å². The lowest BCUT2D eigenvalue weighted by Gasteiger charge is -2.55. The van der Waals surface area contributed by atoms with Crippen LogP contribution in [0.1, 0.15) is 82.4 Å². The first-order valence-electron chi connectivity index (χ1n) is 9.28. The van der Waals surface area contributed by atoms with Crippen LogP contribution in [-0.4, -0.2) is 6.54 Å². The molecule has 2 N–H and O–H groups in total. The van der Waals surface area contributed by atoms with Crippen LogP contribution in [0.2, 0.25) is 0 Å². The molecule has 1 heteroatoms. The van der Waals surface area contributed by atoms with Crippen molar-refractivity contribution in [3.63, 3.8) is 0 Å². The first-order valence-corrected chi connectivity index (χ1v) is 9.28. The second-order valence-electron chi connectivity index (χ2n) is 8.45. The SMILES string of the molecule is CCC(C)c1ccc2c(c1)CC[C@H]1[C@](C)(CN)CCC[C@]21C. The number of rotatable bonds is 3. The van der Waals surface area contributed by atoms with Gasteiger partial charge in [0.05, 0.1) is 0 Å². The van der Waals surface area contributed by atoms with Gasteiger partial charge in [-0.15, -0.1) is 0 Å². The zero-order chi connectivity index (χ0) is 16.0. The Morgan fingerprint density at radius 1 is 1.27 bits per heavy atom. The van der Waals surface area contributed by atoms with Crippen LogP contribution in [-0.2, 0) is 11.8 Å². The highest BCUT2D eigenvalue weighted by molar-refractivity contribution is 5.42. The quantitative estimate of drug-likeness (QED) is 0.818. The predicted octanol–water partition coefficient (Wildman–Crippen LogP) is 5.17. The van der Waals surface area contributed by atoms with Crippen molar-refractivity contribution >= 4 is 0 Å². The first-order chi connectivity index (χ1) is 10.4. The molecule has 3 rings (SSSR count). The van der Waals surface area contributed by atoms with E-state index >= 15 is 0 Å². The van der Waals surface area contributed by atoms with Gasteiger partial charge in [-0.25, -0.2) is 0 Å². The molecule has 1 unspecified atom stereocenters. The highest BCUT2D eigenvalue weighted by Gasteiger charge is 2.50. The highest BCUT2D eigenvalue weighted by Crippen LogP contribution is 2.56. The second kappa shape index (κ2) is 5.67. The highest BCUT2D eigenvalue weighted by atomic mass is 14.7. The maximum absolute atomic E-state index is 6.21. The molecule has 2 aliphatic rings. The minimum absolute atomic E-state index is 0.333. The van der Waals surface area contributed by atoms with Crippen LogP contribution >= 0.6 is 0 Å². The molecular weight excluding hydrogens is 266 g/mol. The predicted molar refractivity (Wildman–Crippen MR) is 95.3 cm³/mol. The van der Waals surface area contributed by atoms with Crippen molar-refractivity contribution in [2.75, 3.05) is 6.54 Å². The second-order valence-corrected chi connectivity index (χ2v) is 8.45. The molecule has 0 saturated heterocycles. The molecule has 22 heavy (non-hydrogen) atoms. The third kappa shape index (κ3) is 2.33. The van der Waals surface area contributed by atoms with E-state index in [1.165, 1.54) is 44.1 Å². The van der Waals surface area contributed by atoms with Crippen molar-refractivity contribution < 1.29 is 0 Å². The molecule has 1 aromatic carbocycles. The van der Waals surface area contributed by atoms with Gasteiger partial charge in [0.25, 0.3) is 0 Å². The average Bonchev–Trinajstić information content (AvgIpc) is 2.53. The molecule has 1 nitrogen and oxygen atoms in total. The average molecular weight is 300 g/mol. The van der Waals surface area contributed by atoms with Gasteiger partial charge in [0, 0.05) is 0 Å². The Kier molecular flexibility index (Phi) is 4.14. The molecule has 1 saturated carbocycles. The van der Waals surface area contributed by atoms with Crippen LogP contribution in [0.4, 0.5) is 0 Å². The Hall–Kier alpha value is -0.820. The number of hydrogen-bond donors (Lipinski definition) is 1. The lowest BCUT2D eigenvalue weighted by atomic mass is 9.50. The van der Waals surface area contributed by atoms with Gasteiger partial charge in [0.2, 0.25) is 0 Å². The minimum Gasteiger partial charge on any atom is -0.330 e. The van der Waals surface area contributed by atoms with Crippen molar-refractivity contribution in [2.24, 2.45) is 17.1 Å². The van der Waals surface area contributed by atoms with Gasteiger partial charge < -0.3 is 5.73 Å². The molecule has 1 fully saturated rings. The third-order valence-corrected chi connectivity index (χ3v) is 7.15.